The van der Waals surface area contributed by atoms with E-state index in [0.717, 1.165) is 31.4 Å². The number of aromatic nitrogens is 2. The molecule has 1 fully saturated rings. The summed E-state index contributed by atoms with van der Waals surface area (Å²) in [7, 11) is 0. The fourth-order valence-corrected chi connectivity index (χ4v) is 3.62. The molecule has 1 aliphatic heterocycles. The number of aryl methyl sites for hydroxylation is 1. The third kappa shape index (κ3) is 5.79. The first-order valence-electron chi connectivity index (χ1n) is 9.66. The molecule has 2 amide bonds. The lowest BCUT2D eigenvalue weighted by molar-refractivity contribution is -0.133. The van der Waals surface area contributed by atoms with Crippen molar-refractivity contribution in [3.05, 3.63) is 35.2 Å². The molecule has 0 bridgehead atoms. The lowest BCUT2D eigenvalue weighted by Crippen LogP contribution is -2.40. The number of amides is 2. The van der Waals surface area contributed by atoms with E-state index in [1.165, 1.54) is 0 Å². The molecule has 2 heterocycles. The topological polar surface area (TPSA) is 102 Å². The lowest BCUT2D eigenvalue weighted by atomic mass is 9.93. The van der Waals surface area contributed by atoms with Gasteiger partial charge in [-0.1, -0.05) is 16.8 Å². The summed E-state index contributed by atoms with van der Waals surface area (Å²) in [6, 6.07) is 7.23. The Morgan fingerprint density at radius 2 is 2.04 bits per heavy atom. The number of hydrogen-bond acceptors (Lipinski definition) is 5. The first-order chi connectivity index (χ1) is 13.5. The minimum atomic E-state index is -0.277. The quantitative estimate of drug-likeness (QED) is 0.727. The van der Waals surface area contributed by atoms with Crippen LogP contribution in [0.2, 0.25) is 5.02 Å². The lowest BCUT2D eigenvalue weighted by Gasteiger charge is -2.32. The standard InChI is InChI=1S/C20H25ClN4O3/c21-16-9-7-15(8-10-16)20-23-18(28-24-20)4-1-5-19(27)25-12-2-3-14(13-25)6-11-17(22)26/h7-10,14H,1-6,11-13H2,(H2,22,26). The van der Waals surface area contributed by atoms with Crippen molar-refractivity contribution in [2.75, 3.05) is 13.1 Å². The average molecular weight is 405 g/mol. The van der Waals surface area contributed by atoms with Crippen LogP contribution in [0.1, 0.15) is 44.4 Å². The van der Waals surface area contributed by atoms with Crippen LogP contribution in [-0.4, -0.2) is 39.9 Å². The van der Waals surface area contributed by atoms with E-state index in [2.05, 4.69) is 10.1 Å². The predicted molar refractivity (Wildman–Crippen MR) is 105 cm³/mol. The Labute approximate surface area is 169 Å². The second-order valence-electron chi connectivity index (χ2n) is 7.23. The molecule has 1 unspecified atom stereocenters. The van der Waals surface area contributed by atoms with Gasteiger partial charge in [-0.2, -0.15) is 4.98 Å². The highest BCUT2D eigenvalue weighted by Crippen LogP contribution is 2.22. The molecule has 8 heteroatoms. The second kappa shape index (κ2) is 9.68. The zero-order valence-electron chi connectivity index (χ0n) is 15.8. The number of carbonyl (C=O) groups is 2. The first kappa shape index (κ1) is 20.3. The van der Waals surface area contributed by atoms with Crippen LogP contribution in [-0.2, 0) is 16.0 Å². The maximum absolute atomic E-state index is 12.5. The van der Waals surface area contributed by atoms with Crippen molar-refractivity contribution in [1.29, 1.82) is 0 Å². The molecule has 0 saturated carbocycles. The van der Waals surface area contributed by atoms with Crippen LogP contribution < -0.4 is 5.73 Å². The number of nitrogens with zero attached hydrogens (tertiary/aromatic N) is 3. The molecule has 1 atom stereocenters. The number of likely N-dealkylation sites (tertiary alicyclic amines) is 1. The van der Waals surface area contributed by atoms with Crippen LogP contribution in [0.3, 0.4) is 0 Å². The van der Waals surface area contributed by atoms with Crippen LogP contribution in [0.25, 0.3) is 11.4 Å². The number of nitrogens with two attached hydrogens (primary N) is 1. The minimum absolute atomic E-state index is 0.140. The van der Waals surface area contributed by atoms with E-state index in [0.29, 0.717) is 54.9 Å². The molecular weight excluding hydrogens is 380 g/mol. The maximum atomic E-state index is 12.5. The summed E-state index contributed by atoms with van der Waals surface area (Å²) in [5.41, 5.74) is 6.06. The maximum Gasteiger partial charge on any atom is 0.226 e. The number of primary amides is 1. The van der Waals surface area contributed by atoms with E-state index in [1.54, 1.807) is 12.1 Å². The normalized spacial score (nSPS) is 16.9. The van der Waals surface area contributed by atoms with Crippen molar-refractivity contribution < 1.29 is 14.1 Å². The molecule has 1 aliphatic rings. The van der Waals surface area contributed by atoms with Crippen LogP contribution in [0, 0.1) is 5.92 Å². The van der Waals surface area contributed by atoms with Gasteiger partial charge in [0.05, 0.1) is 0 Å². The molecular formula is C20H25ClN4O3. The van der Waals surface area contributed by atoms with Gasteiger partial charge in [0.2, 0.25) is 23.5 Å². The van der Waals surface area contributed by atoms with Gasteiger partial charge in [0.15, 0.2) is 0 Å². The molecule has 1 aromatic heterocycles. The van der Waals surface area contributed by atoms with E-state index in [1.807, 2.05) is 17.0 Å². The van der Waals surface area contributed by atoms with Gasteiger partial charge in [0.25, 0.3) is 0 Å². The fraction of sp³-hybridized carbons (Fsp3) is 0.500. The highest BCUT2D eigenvalue weighted by molar-refractivity contribution is 6.30. The van der Waals surface area contributed by atoms with E-state index in [4.69, 9.17) is 21.9 Å². The third-order valence-electron chi connectivity index (χ3n) is 5.02. The van der Waals surface area contributed by atoms with E-state index >= 15 is 0 Å². The molecule has 28 heavy (non-hydrogen) atoms. The summed E-state index contributed by atoms with van der Waals surface area (Å²) in [6.45, 7) is 1.50. The molecule has 0 spiro atoms. The number of piperidine rings is 1. The molecule has 2 aromatic rings. The highest BCUT2D eigenvalue weighted by atomic mass is 35.5. The molecule has 7 nitrogen and oxygen atoms in total. The number of benzene rings is 1. The average Bonchev–Trinajstić information content (AvgIpc) is 3.16. The van der Waals surface area contributed by atoms with Gasteiger partial charge in [-0.15, -0.1) is 0 Å². The van der Waals surface area contributed by atoms with Crippen molar-refractivity contribution in [2.45, 2.75) is 44.9 Å². The Balaban J connectivity index is 1.44. The minimum Gasteiger partial charge on any atom is -0.370 e. The van der Waals surface area contributed by atoms with E-state index < -0.39 is 0 Å². The Morgan fingerprint density at radius 3 is 2.79 bits per heavy atom. The van der Waals surface area contributed by atoms with Gasteiger partial charge in [-0.3, -0.25) is 9.59 Å². The van der Waals surface area contributed by atoms with Crippen molar-refractivity contribution in [3.8, 4) is 11.4 Å². The van der Waals surface area contributed by atoms with Gasteiger partial charge in [-0.25, -0.2) is 0 Å². The summed E-state index contributed by atoms with van der Waals surface area (Å²) in [5.74, 6) is 1.27. The summed E-state index contributed by atoms with van der Waals surface area (Å²) < 4.78 is 5.29. The number of carbonyl (C=O) groups excluding carboxylic acids is 2. The SMILES string of the molecule is NC(=O)CCC1CCCN(C(=O)CCCc2nc(-c3ccc(Cl)cc3)no2)C1. The van der Waals surface area contributed by atoms with Crippen LogP contribution >= 0.6 is 11.6 Å². The summed E-state index contributed by atoms with van der Waals surface area (Å²) in [6.07, 6.45) is 4.83. The van der Waals surface area contributed by atoms with E-state index in [-0.39, 0.29) is 11.8 Å². The summed E-state index contributed by atoms with van der Waals surface area (Å²) in [4.78, 5) is 29.7. The summed E-state index contributed by atoms with van der Waals surface area (Å²) in [5, 5.41) is 4.64. The Kier molecular flexibility index (Phi) is 7.03. The smallest absolute Gasteiger partial charge is 0.226 e. The number of rotatable bonds is 8. The van der Waals surface area contributed by atoms with Gasteiger partial charge in [0.1, 0.15) is 0 Å². The van der Waals surface area contributed by atoms with Gasteiger partial charge < -0.3 is 15.2 Å². The molecule has 0 aliphatic carbocycles. The zero-order chi connectivity index (χ0) is 19.9. The van der Waals surface area contributed by atoms with E-state index in [9.17, 15) is 9.59 Å². The Hall–Kier alpha value is -2.41. The first-order valence-corrected chi connectivity index (χ1v) is 10.0. The van der Waals surface area contributed by atoms with Crippen molar-refractivity contribution >= 4 is 23.4 Å². The van der Waals surface area contributed by atoms with Crippen molar-refractivity contribution in [2.24, 2.45) is 11.7 Å². The van der Waals surface area contributed by atoms with Crippen LogP contribution in [0.15, 0.2) is 28.8 Å². The molecule has 2 N–H and O–H groups in total. The molecule has 0 radical (unpaired) electrons. The highest BCUT2D eigenvalue weighted by Gasteiger charge is 2.23. The van der Waals surface area contributed by atoms with Gasteiger partial charge in [0, 0.05) is 42.9 Å². The Bertz CT molecular complexity index is 806. The fourth-order valence-electron chi connectivity index (χ4n) is 3.50. The van der Waals surface area contributed by atoms with Gasteiger partial charge in [-0.05, 0) is 55.9 Å². The Morgan fingerprint density at radius 1 is 1.25 bits per heavy atom. The number of hydrogen-bond donors (Lipinski definition) is 1. The molecule has 150 valence electrons. The second-order valence-corrected chi connectivity index (χ2v) is 7.66. The van der Waals surface area contributed by atoms with Crippen LogP contribution in [0.5, 0.6) is 0 Å². The number of halogens is 1. The monoisotopic (exact) mass is 404 g/mol. The predicted octanol–water partition coefficient (Wildman–Crippen LogP) is 3.22. The third-order valence-corrected chi connectivity index (χ3v) is 5.27. The van der Waals surface area contributed by atoms with Crippen molar-refractivity contribution in [1.82, 2.24) is 15.0 Å². The largest absolute Gasteiger partial charge is 0.370 e. The summed E-state index contributed by atoms with van der Waals surface area (Å²) >= 11 is 5.89. The van der Waals surface area contributed by atoms with Crippen LogP contribution in [0.4, 0.5) is 0 Å². The zero-order valence-corrected chi connectivity index (χ0v) is 16.5. The molecule has 1 saturated heterocycles. The molecule has 3 rings (SSSR count). The van der Waals surface area contributed by atoms with Gasteiger partial charge >= 0.3 is 0 Å². The van der Waals surface area contributed by atoms with Crippen molar-refractivity contribution in [3.63, 3.8) is 0 Å². The molecule has 1 aromatic carbocycles.